The van der Waals surface area contributed by atoms with Gasteiger partial charge in [0.2, 0.25) is 0 Å². The van der Waals surface area contributed by atoms with Crippen LogP contribution in [0.1, 0.15) is 11.3 Å². The van der Waals surface area contributed by atoms with Crippen molar-refractivity contribution < 1.29 is 8.91 Å². The highest BCUT2D eigenvalue weighted by molar-refractivity contribution is 5.29. The van der Waals surface area contributed by atoms with Gasteiger partial charge in [-0.25, -0.2) is 4.39 Å². The van der Waals surface area contributed by atoms with Gasteiger partial charge in [0, 0.05) is 12.5 Å². The molecule has 72 valence electrons. The van der Waals surface area contributed by atoms with Crippen LogP contribution in [-0.4, -0.2) is 5.16 Å². The topological polar surface area (TPSA) is 52.0 Å². The molecule has 0 radical (unpaired) electrons. The minimum absolute atomic E-state index is 0.255. The Hall–Kier alpha value is -1.84. The van der Waals surface area contributed by atoms with E-state index >= 15 is 0 Å². The van der Waals surface area contributed by atoms with Crippen LogP contribution < -0.4 is 5.73 Å². The van der Waals surface area contributed by atoms with E-state index in [1.807, 2.05) is 6.07 Å². The van der Waals surface area contributed by atoms with Crippen LogP contribution in [0.2, 0.25) is 0 Å². The van der Waals surface area contributed by atoms with Crippen molar-refractivity contribution >= 4 is 5.82 Å². The molecular formula is C10H9FN2O. The highest BCUT2D eigenvalue weighted by Gasteiger charge is 2.03. The van der Waals surface area contributed by atoms with E-state index in [-0.39, 0.29) is 5.82 Å². The second-order valence-electron chi connectivity index (χ2n) is 3.02. The molecule has 0 aliphatic carbocycles. The summed E-state index contributed by atoms with van der Waals surface area (Å²) in [4.78, 5) is 0. The Bertz CT molecular complexity index is 439. The molecule has 0 amide bonds. The highest BCUT2D eigenvalue weighted by atomic mass is 19.1. The van der Waals surface area contributed by atoms with E-state index in [1.165, 1.54) is 12.1 Å². The molecule has 0 unspecified atom stereocenters. The van der Waals surface area contributed by atoms with Crippen molar-refractivity contribution in [2.45, 2.75) is 6.42 Å². The summed E-state index contributed by atoms with van der Waals surface area (Å²) in [6.45, 7) is 0. The first-order valence-corrected chi connectivity index (χ1v) is 4.19. The van der Waals surface area contributed by atoms with Crippen molar-refractivity contribution in [3.63, 3.8) is 0 Å². The van der Waals surface area contributed by atoms with Gasteiger partial charge in [0.1, 0.15) is 11.6 Å². The molecule has 2 aromatic rings. The van der Waals surface area contributed by atoms with Crippen LogP contribution in [0.5, 0.6) is 0 Å². The smallest absolute Gasteiger partial charge is 0.167 e. The lowest BCUT2D eigenvalue weighted by atomic mass is 10.1. The van der Waals surface area contributed by atoms with Gasteiger partial charge in [-0.3, -0.25) is 0 Å². The number of hydrogen-bond acceptors (Lipinski definition) is 3. The Balaban J connectivity index is 2.18. The summed E-state index contributed by atoms with van der Waals surface area (Å²) >= 11 is 0. The van der Waals surface area contributed by atoms with Crippen LogP contribution in [0.25, 0.3) is 0 Å². The van der Waals surface area contributed by atoms with E-state index in [0.717, 1.165) is 5.56 Å². The molecule has 4 heteroatoms. The largest absolute Gasteiger partial charge is 0.381 e. The summed E-state index contributed by atoms with van der Waals surface area (Å²) in [7, 11) is 0. The zero-order valence-electron chi connectivity index (χ0n) is 7.40. The summed E-state index contributed by atoms with van der Waals surface area (Å²) in [5, 5.41) is 3.54. The van der Waals surface area contributed by atoms with Crippen molar-refractivity contribution in [1.82, 2.24) is 5.16 Å². The Morgan fingerprint density at radius 3 is 2.86 bits per heavy atom. The summed E-state index contributed by atoms with van der Waals surface area (Å²) < 4.78 is 17.7. The highest BCUT2D eigenvalue weighted by Crippen LogP contribution is 2.12. The van der Waals surface area contributed by atoms with Crippen LogP contribution in [0.4, 0.5) is 10.2 Å². The molecule has 0 saturated heterocycles. The van der Waals surface area contributed by atoms with Gasteiger partial charge in [-0.1, -0.05) is 17.3 Å². The number of rotatable bonds is 2. The lowest BCUT2D eigenvalue weighted by Crippen LogP contribution is -1.86. The van der Waals surface area contributed by atoms with Crippen molar-refractivity contribution in [3.05, 3.63) is 47.5 Å². The van der Waals surface area contributed by atoms with E-state index in [4.69, 9.17) is 10.3 Å². The normalized spacial score (nSPS) is 10.4. The summed E-state index contributed by atoms with van der Waals surface area (Å²) in [5.74, 6) is 0.722. The average molecular weight is 192 g/mol. The molecule has 1 aromatic heterocycles. The number of anilines is 1. The minimum Gasteiger partial charge on any atom is -0.381 e. The van der Waals surface area contributed by atoms with E-state index < -0.39 is 0 Å². The predicted octanol–water partition coefficient (Wildman–Crippen LogP) is 1.99. The van der Waals surface area contributed by atoms with Crippen LogP contribution >= 0.6 is 0 Å². The molecule has 0 aliphatic heterocycles. The minimum atomic E-state index is -0.255. The lowest BCUT2D eigenvalue weighted by Gasteiger charge is -1.96. The number of halogens is 1. The molecule has 3 nitrogen and oxygen atoms in total. The molecule has 0 fully saturated rings. The zero-order valence-corrected chi connectivity index (χ0v) is 7.40. The first-order chi connectivity index (χ1) is 6.74. The molecule has 0 atom stereocenters. The number of nitrogens with two attached hydrogens (primary N) is 1. The number of nitrogen functional groups attached to an aromatic ring is 1. The predicted molar refractivity (Wildman–Crippen MR) is 50.1 cm³/mol. The summed E-state index contributed by atoms with van der Waals surface area (Å²) in [6, 6.07) is 7.97. The Labute approximate surface area is 80.3 Å². The maximum Gasteiger partial charge on any atom is 0.167 e. The fourth-order valence-corrected chi connectivity index (χ4v) is 1.26. The Morgan fingerprint density at radius 2 is 2.21 bits per heavy atom. The van der Waals surface area contributed by atoms with Crippen LogP contribution in [0.15, 0.2) is 34.9 Å². The molecular weight excluding hydrogens is 183 g/mol. The van der Waals surface area contributed by atoms with Crippen LogP contribution in [-0.2, 0) is 6.42 Å². The molecule has 2 rings (SSSR count). The first-order valence-electron chi connectivity index (χ1n) is 4.19. The van der Waals surface area contributed by atoms with E-state index in [1.54, 1.807) is 12.1 Å². The number of aromatic nitrogens is 1. The van der Waals surface area contributed by atoms with Gasteiger partial charge in [-0.2, -0.15) is 0 Å². The number of benzene rings is 1. The van der Waals surface area contributed by atoms with E-state index in [9.17, 15) is 4.39 Å². The molecule has 0 bridgehead atoms. The SMILES string of the molecule is Nc1cc(Cc2cccc(F)c2)on1. The summed E-state index contributed by atoms with van der Waals surface area (Å²) in [6.07, 6.45) is 0.502. The molecule has 2 N–H and O–H groups in total. The van der Waals surface area contributed by atoms with Crippen molar-refractivity contribution in [2.24, 2.45) is 0 Å². The fraction of sp³-hybridized carbons (Fsp3) is 0.100. The maximum absolute atomic E-state index is 12.8. The van der Waals surface area contributed by atoms with Gasteiger partial charge in [0.05, 0.1) is 0 Å². The molecule has 1 aromatic carbocycles. The van der Waals surface area contributed by atoms with Crippen molar-refractivity contribution in [2.75, 3.05) is 5.73 Å². The molecule has 0 spiro atoms. The average Bonchev–Trinajstić information content (AvgIpc) is 2.51. The van der Waals surface area contributed by atoms with Crippen LogP contribution in [0.3, 0.4) is 0 Å². The van der Waals surface area contributed by atoms with Gasteiger partial charge < -0.3 is 10.3 Å². The molecule has 1 heterocycles. The summed E-state index contributed by atoms with van der Waals surface area (Å²) in [5.41, 5.74) is 6.22. The third kappa shape index (κ3) is 1.90. The molecule has 0 saturated carbocycles. The maximum atomic E-state index is 12.8. The molecule has 0 aliphatic rings. The van der Waals surface area contributed by atoms with Crippen LogP contribution in [0, 0.1) is 5.82 Å². The number of nitrogens with zero attached hydrogens (tertiary/aromatic N) is 1. The number of hydrogen-bond donors (Lipinski definition) is 1. The quantitative estimate of drug-likeness (QED) is 0.791. The fourth-order valence-electron chi connectivity index (χ4n) is 1.26. The second-order valence-corrected chi connectivity index (χ2v) is 3.02. The second kappa shape index (κ2) is 3.49. The standard InChI is InChI=1S/C10H9FN2O/c11-8-3-1-2-7(4-8)5-9-6-10(12)13-14-9/h1-4,6H,5H2,(H2,12,13). The third-order valence-corrected chi connectivity index (χ3v) is 1.84. The monoisotopic (exact) mass is 192 g/mol. The van der Waals surface area contributed by atoms with Crippen molar-refractivity contribution in [1.29, 1.82) is 0 Å². The van der Waals surface area contributed by atoms with Gasteiger partial charge in [-0.15, -0.1) is 0 Å². The van der Waals surface area contributed by atoms with E-state index in [0.29, 0.717) is 18.0 Å². The first kappa shape index (κ1) is 8.74. The molecule has 14 heavy (non-hydrogen) atoms. The zero-order chi connectivity index (χ0) is 9.97. The van der Waals surface area contributed by atoms with E-state index in [2.05, 4.69) is 5.16 Å². The van der Waals surface area contributed by atoms with Gasteiger partial charge in [-0.05, 0) is 17.7 Å². The Kier molecular flexibility index (Phi) is 2.18. The Morgan fingerprint density at radius 1 is 1.36 bits per heavy atom. The van der Waals surface area contributed by atoms with Gasteiger partial charge in [0.15, 0.2) is 5.82 Å². The van der Waals surface area contributed by atoms with Gasteiger partial charge >= 0.3 is 0 Å². The lowest BCUT2D eigenvalue weighted by molar-refractivity contribution is 0.392. The third-order valence-electron chi connectivity index (χ3n) is 1.84. The van der Waals surface area contributed by atoms with Gasteiger partial charge in [0.25, 0.3) is 0 Å². The van der Waals surface area contributed by atoms with Crippen molar-refractivity contribution in [3.8, 4) is 0 Å².